The van der Waals surface area contributed by atoms with E-state index in [1.807, 2.05) is 0 Å². The first-order valence-corrected chi connectivity index (χ1v) is 10.2. The molecule has 3 aliphatic rings. The minimum Gasteiger partial charge on any atom is -0.444 e. The van der Waals surface area contributed by atoms with Gasteiger partial charge >= 0.3 is 6.09 Å². The van der Waals surface area contributed by atoms with E-state index in [2.05, 4.69) is 10.0 Å². The van der Waals surface area contributed by atoms with Gasteiger partial charge in [-0.2, -0.15) is 0 Å². The molecule has 0 aromatic heterocycles. The first-order valence-electron chi connectivity index (χ1n) is 10.2. The highest BCUT2D eigenvalue weighted by Crippen LogP contribution is 2.32. The van der Waals surface area contributed by atoms with Gasteiger partial charge in [-0.15, -0.1) is 0 Å². The molecule has 3 aliphatic heterocycles. The molecule has 11 nitrogen and oxygen atoms in total. The molecule has 32 heavy (non-hydrogen) atoms. The van der Waals surface area contributed by atoms with Crippen LogP contribution < -0.4 is 9.80 Å². The van der Waals surface area contributed by atoms with E-state index in [-0.39, 0.29) is 56.6 Å². The summed E-state index contributed by atoms with van der Waals surface area (Å²) < 4.78 is 45.8. The molecule has 0 radical (unpaired) electrons. The van der Waals surface area contributed by atoms with Crippen LogP contribution in [0, 0.1) is 11.6 Å². The van der Waals surface area contributed by atoms with Crippen molar-refractivity contribution in [2.24, 2.45) is 5.11 Å². The number of hydrogen-bond acceptors (Lipinski definition) is 7. The number of carbonyl (C=O) groups excluding carboxylic acids is 2. The van der Waals surface area contributed by atoms with Crippen molar-refractivity contribution in [3.63, 3.8) is 0 Å². The molecule has 3 fully saturated rings. The van der Waals surface area contributed by atoms with E-state index in [1.54, 1.807) is 0 Å². The van der Waals surface area contributed by atoms with Gasteiger partial charge in [0.05, 0.1) is 32.0 Å². The summed E-state index contributed by atoms with van der Waals surface area (Å²) >= 11 is 0. The Morgan fingerprint density at radius 3 is 2.72 bits per heavy atom. The summed E-state index contributed by atoms with van der Waals surface area (Å²) in [6.45, 7) is 0.229. The van der Waals surface area contributed by atoms with E-state index in [0.717, 1.165) is 36.3 Å². The fourth-order valence-corrected chi connectivity index (χ4v) is 3.84. The minimum absolute atomic E-state index is 0.00731. The molecule has 13 heteroatoms. The molecular weight excluding hydrogens is 430 g/mol. The van der Waals surface area contributed by atoms with Gasteiger partial charge in [-0.1, -0.05) is 5.11 Å². The number of hydrogen-bond donors (Lipinski definition) is 0. The maximum absolute atomic E-state index is 14.9. The van der Waals surface area contributed by atoms with Crippen LogP contribution in [0.25, 0.3) is 10.4 Å². The lowest BCUT2D eigenvalue weighted by molar-refractivity contribution is -0.184. The molecule has 1 aromatic rings. The summed E-state index contributed by atoms with van der Waals surface area (Å²) in [5.74, 6) is -2.16. The normalized spacial score (nSPS) is 23.5. The van der Waals surface area contributed by atoms with E-state index in [4.69, 9.17) is 19.7 Å². The van der Waals surface area contributed by atoms with Crippen LogP contribution in [-0.2, 0) is 19.0 Å². The third-order valence-electron chi connectivity index (χ3n) is 5.43. The van der Waals surface area contributed by atoms with Gasteiger partial charge in [-0.25, -0.2) is 13.6 Å². The zero-order valence-electron chi connectivity index (χ0n) is 17.2. The van der Waals surface area contributed by atoms with Crippen molar-refractivity contribution in [2.45, 2.75) is 31.7 Å². The topological polar surface area (TPSA) is 120 Å². The predicted molar refractivity (Wildman–Crippen MR) is 107 cm³/mol. The molecule has 0 bridgehead atoms. The third kappa shape index (κ3) is 4.69. The van der Waals surface area contributed by atoms with Crippen LogP contribution in [-0.4, -0.2) is 68.9 Å². The molecular formula is C19H22F2N6O5. The standard InChI is InChI=1S/C19H22F2N6O5/c20-14-5-12(27-8-13(7-23-24-22)32-19(27)29)6-15(21)18(14)25-9-16(28)26(10-25)11-31-17-3-1-2-4-30-17/h5-6,13,17H,1-4,7-11H2/t13?,17-/m0/s1. The van der Waals surface area contributed by atoms with E-state index >= 15 is 0 Å². The van der Waals surface area contributed by atoms with Crippen molar-refractivity contribution in [1.29, 1.82) is 0 Å². The lowest BCUT2D eigenvalue weighted by Crippen LogP contribution is -2.34. The molecule has 0 aliphatic carbocycles. The fraction of sp³-hybridized carbons (Fsp3) is 0.579. The second-order valence-electron chi connectivity index (χ2n) is 7.65. The monoisotopic (exact) mass is 452 g/mol. The van der Waals surface area contributed by atoms with Crippen molar-refractivity contribution in [2.75, 3.05) is 49.4 Å². The van der Waals surface area contributed by atoms with Gasteiger partial charge in [0.15, 0.2) is 17.9 Å². The Kier molecular flexibility index (Phi) is 6.58. The highest BCUT2D eigenvalue weighted by molar-refractivity contribution is 5.90. The van der Waals surface area contributed by atoms with Gasteiger partial charge in [-0.3, -0.25) is 14.6 Å². The molecule has 3 saturated heterocycles. The summed E-state index contributed by atoms with van der Waals surface area (Å²) in [5, 5.41) is 3.34. The molecule has 0 spiro atoms. The predicted octanol–water partition coefficient (Wildman–Crippen LogP) is 2.71. The molecule has 0 saturated carbocycles. The fourth-order valence-electron chi connectivity index (χ4n) is 3.84. The summed E-state index contributed by atoms with van der Waals surface area (Å²) in [6.07, 6.45) is 0.792. The molecule has 3 heterocycles. The van der Waals surface area contributed by atoms with Crippen molar-refractivity contribution in [3.05, 3.63) is 34.2 Å². The van der Waals surface area contributed by atoms with Crippen molar-refractivity contribution < 1.29 is 32.6 Å². The quantitative estimate of drug-likeness (QED) is 0.356. The van der Waals surface area contributed by atoms with Crippen LogP contribution in [0.15, 0.2) is 17.2 Å². The summed E-state index contributed by atoms with van der Waals surface area (Å²) in [5.41, 5.74) is 7.98. The first-order chi connectivity index (χ1) is 15.5. The number of halogens is 2. The number of azide groups is 1. The minimum atomic E-state index is -0.919. The lowest BCUT2D eigenvalue weighted by Gasteiger charge is -2.26. The van der Waals surface area contributed by atoms with Gasteiger partial charge < -0.3 is 19.1 Å². The van der Waals surface area contributed by atoms with Crippen LogP contribution in [0.4, 0.5) is 25.0 Å². The first kappa shape index (κ1) is 22.1. The lowest BCUT2D eigenvalue weighted by atomic mass is 10.2. The average Bonchev–Trinajstić information content (AvgIpc) is 3.33. The molecule has 2 atom stereocenters. The number of rotatable bonds is 7. The van der Waals surface area contributed by atoms with Crippen LogP contribution in [0.3, 0.4) is 0 Å². The Hall–Kier alpha value is -3.15. The third-order valence-corrected chi connectivity index (χ3v) is 5.43. The molecule has 1 unspecified atom stereocenters. The molecule has 172 valence electrons. The van der Waals surface area contributed by atoms with E-state index in [1.165, 1.54) is 9.80 Å². The van der Waals surface area contributed by atoms with Gasteiger partial charge in [0.1, 0.15) is 18.5 Å². The van der Waals surface area contributed by atoms with E-state index < -0.39 is 23.8 Å². The van der Waals surface area contributed by atoms with Crippen LogP contribution in [0.2, 0.25) is 0 Å². The molecule has 4 rings (SSSR count). The summed E-state index contributed by atoms with van der Waals surface area (Å²) in [6, 6.07) is 2.02. The van der Waals surface area contributed by atoms with Gasteiger partial charge in [0, 0.05) is 23.7 Å². The smallest absolute Gasteiger partial charge is 0.414 e. The number of amides is 2. The largest absolute Gasteiger partial charge is 0.444 e. The number of benzene rings is 1. The second kappa shape index (κ2) is 9.55. The summed E-state index contributed by atoms with van der Waals surface area (Å²) in [7, 11) is 0. The van der Waals surface area contributed by atoms with E-state index in [0.29, 0.717) is 6.61 Å². The molecule has 1 aromatic carbocycles. The van der Waals surface area contributed by atoms with Crippen molar-refractivity contribution >= 4 is 23.4 Å². The van der Waals surface area contributed by atoms with Gasteiger partial charge in [0.25, 0.3) is 0 Å². The van der Waals surface area contributed by atoms with Crippen molar-refractivity contribution in [3.8, 4) is 0 Å². The Bertz CT molecular complexity index is 914. The van der Waals surface area contributed by atoms with Crippen LogP contribution in [0.1, 0.15) is 19.3 Å². The van der Waals surface area contributed by atoms with Gasteiger partial charge in [-0.05, 0) is 24.8 Å². The number of ether oxygens (including phenoxy) is 3. The van der Waals surface area contributed by atoms with Crippen LogP contribution >= 0.6 is 0 Å². The van der Waals surface area contributed by atoms with Gasteiger partial charge in [0.2, 0.25) is 5.91 Å². The summed E-state index contributed by atoms with van der Waals surface area (Å²) in [4.78, 5) is 30.6. The SMILES string of the molecule is [N-]=[N+]=NCC1CN(c2cc(F)c(N3CC(=O)N(CO[C@H]4CCCCO4)C3)c(F)c2)C(=O)O1. The highest BCUT2D eigenvalue weighted by Gasteiger charge is 2.35. The zero-order chi connectivity index (χ0) is 22.7. The van der Waals surface area contributed by atoms with E-state index in [9.17, 15) is 18.4 Å². The number of cyclic esters (lactones) is 1. The zero-order valence-corrected chi connectivity index (χ0v) is 17.2. The number of carbonyl (C=O) groups is 2. The molecule has 2 amide bonds. The number of anilines is 2. The second-order valence-corrected chi connectivity index (χ2v) is 7.65. The van der Waals surface area contributed by atoms with Crippen molar-refractivity contribution in [1.82, 2.24) is 4.90 Å². The Labute approximate surface area is 182 Å². The Morgan fingerprint density at radius 2 is 2.03 bits per heavy atom. The Balaban J connectivity index is 1.42. The molecule has 0 N–H and O–H groups in total. The highest BCUT2D eigenvalue weighted by atomic mass is 19.1. The Morgan fingerprint density at radius 1 is 1.25 bits per heavy atom. The average molecular weight is 452 g/mol. The number of nitrogens with zero attached hydrogens (tertiary/aromatic N) is 6. The maximum Gasteiger partial charge on any atom is 0.414 e. The van der Waals surface area contributed by atoms with Crippen LogP contribution in [0.5, 0.6) is 0 Å². The maximum atomic E-state index is 14.9.